The van der Waals surface area contributed by atoms with Gasteiger partial charge >= 0.3 is 0 Å². The molecule has 0 aliphatic heterocycles. The molecule has 0 saturated carbocycles. The van der Waals surface area contributed by atoms with Gasteiger partial charge in [0.15, 0.2) is 0 Å². The highest BCUT2D eigenvalue weighted by Gasteiger charge is 2.36. The highest BCUT2D eigenvalue weighted by Crippen LogP contribution is 2.36. The fraction of sp³-hybridized carbons (Fsp3) is 0.462. The molecule has 82 valence electrons. The van der Waals surface area contributed by atoms with Gasteiger partial charge in [0.2, 0.25) is 0 Å². The molecule has 1 N–H and O–H groups in total. The van der Waals surface area contributed by atoms with E-state index in [0.29, 0.717) is 5.69 Å². The fourth-order valence-corrected chi connectivity index (χ4v) is 1.78. The van der Waals surface area contributed by atoms with Crippen LogP contribution in [0.1, 0.15) is 32.9 Å². The van der Waals surface area contributed by atoms with Crippen LogP contribution in [-0.4, -0.2) is 10.1 Å². The first-order valence-electron chi connectivity index (χ1n) is 5.33. The number of pyridine rings is 1. The minimum absolute atomic E-state index is 0.116. The summed E-state index contributed by atoms with van der Waals surface area (Å²) in [7, 11) is 0. The molecule has 1 aromatic rings. The quantitative estimate of drug-likeness (QED) is 0.767. The molecule has 0 saturated heterocycles. The van der Waals surface area contributed by atoms with Crippen molar-refractivity contribution in [2.24, 2.45) is 5.92 Å². The maximum atomic E-state index is 10.7. The smallest absolute Gasteiger partial charge is 0.129 e. The van der Waals surface area contributed by atoms with Crippen molar-refractivity contribution < 1.29 is 5.11 Å². The summed E-state index contributed by atoms with van der Waals surface area (Å²) in [5.74, 6) is 0.116. The minimum Gasteiger partial charge on any atom is -0.379 e. The number of hydrogen-bond acceptors (Lipinski definition) is 2. The van der Waals surface area contributed by atoms with E-state index in [4.69, 9.17) is 0 Å². The zero-order valence-corrected chi connectivity index (χ0v) is 9.70. The molecule has 15 heavy (non-hydrogen) atoms. The van der Waals surface area contributed by atoms with Crippen LogP contribution in [0.25, 0.3) is 0 Å². The lowest BCUT2D eigenvalue weighted by Crippen LogP contribution is -2.35. The van der Waals surface area contributed by atoms with Gasteiger partial charge in [-0.05, 0) is 30.5 Å². The summed E-state index contributed by atoms with van der Waals surface area (Å²) in [5, 5.41) is 10.7. The molecule has 1 unspecified atom stereocenters. The van der Waals surface area contributed by atoms with E-state index in [1.165, 1.54) is 0 Å². The number of hydrogen-bond donors (Lipinski definition) is 1. The van der Waals surface area contributed by atoms with Crippen molar-refractivity contribution in [3.63, 3.8) is 0 Å². The van der Waals surface area contributed by atoms with Crippen molar-refractivity contribution in [1.29, 1.82) is 0 Å². The van der Waals surface area contributed by atoms with Crippen LogP contribution < -0.4 is 0 Å². The van der Waals surface area contributed by atoms with Gasteiger partial charge in [-0.15, -0.1) is 0 Å². The Balaban J connectivity index is 3.19. The Morgan fingerprint density at radius 2 is 2.27 bits per heavy atom. The third kappa shape index (κ3) is 2.10. The fourth-order valence-electron chi connectivity index (χ4n) is 1.78. The second-order valence-corrected chi connectivity index (χ2v) is 4.07. The summed E-state index contributed by atoms with van der Waals surface area (Å²) in [6.07, 6.45) is 2.59. The molecule has 0 bridgehead atoms. The average Bonchev–Trinajstić information content (AvgIpc) is 2.27. The normalized spacial score (nSPS) is 16.8. The Hall–Kier alpha value is -1.15. The van der Waals surface area contributed by atoms with Crippen LogP contribution in [0, 0.1) is 5.92 Å². The van der Waals surface area contributed by atoms with Gasteiger partial charge < -0.3 is 5.11 Å². The van der Waals surface area contributed by atoms with Crippen LogP contribution >= 0.6 is 0 Å². The lowest BCUT2D eigenvalue weighted by Gasteiger charge is -2.33. The molecule has 0 aliphatic rings. The summed E-state index contributed by atoms with van der Waals surface area (Å²) in [4.78, 5) is 4.23. The van der Waals surface area contributed by atoms with Crippen LogP contribution in [0.15, 0.2) is 36.5 Å². The molecule has 1 rings (SSSR count). The minimum atomic E-state index is -1.00. The summed E-state index contributed by atoms with van der Waals surface area (Å²) in [6.45, 7) is 9.80. The Bertz CT molecular complexity index is 334. The Morgan fingerprint density at radius 3 is 2.67 bits per heavy atom. The van der Waals surface area contributed by atoms with Gasteiger partial charge in [0.1, 0.15) is 5.60 Å². The van der Waals surface area contributed by atoms with Gasteiger partial charge in [0.25, 0.3) is 0 Å². The molecule has 2 heteroatoms. The largest absolute Gasteiger partial charge is 0.379 e. The second-order valence-electron chi connectivity index (χ2n) is 4.07. The third-order valence-electron chi connectivity index (χ3n) is 3.03. The second kappa shape index (κ2) is 4.58. The summed E-state index contributed by atoms with van der Waals surface area (Å²) in [5.41, 5.74) is 0.429. The number of aromatic nitrogens is 1. The summed E-state index contributed by atoms with van der Waals surface area (Å²) < 4.78 is 0. The zero-order valence-electron chi connectivity index (χ0n) is 9.70. The topological polar surface area (TPSA) is 33.1 Å². The first kappa shape index (κ1) is 11.9. The average molecular weight is 205 g/mol. The van der Waals surface area contributed by atoms with Crippen molar-refractivity contribution in [1.82, 2.24) is 4.98 Å². The van der Waals surface area contributed by atoms with E-state index in [1.807, 2.05) is 32.0 Å². The number of nitrogens with zero attached hydrogens (tertiary/aromatic N) is 1. The molecule has 0 aromatic carbocycles. The van der Waals surface area contributed by atoms with Crippen molar-refractivity contribution in [3.8, 4) is 0 Å². The van der Waals surface area contributed by atoms with Gasteiger partial charge in [0.05, 0.1) is 5.69 Å². The Kier molecular flexibility index (Phi) is 3.64. The molecule has 0 radical (unpaired) electrons. The van der Waals surface area contributed by atoms with E-state index in [-0.39, 0.29) is 5.92 Å². The van der Waals surface area contributed by atoms with E-state index in [1.54, 1.807) is 6.20 Å². The van der Waals surface area contributed by atoms with Crippen molar-refractivity contribution in [2.75, 3.05) is 0 Å². The monoisotopic (exact) mass is 205 g/mol. The molecule has 2 nitrogen and oxygen atoms in total. The van der Waals surface area contributed by atoms with Crippen molar-refractivity contribution in [3.05, 3.63) is 42.2 Å². The predicted molar refractivity (Wildman–Crippen MR) is 62.4 cm³/mol. The molecule has 0 spiro atoms. The number of aliphatic hydroxyl groups is 1. The van der Waals surface area contributed by atoms with Crippen molar-refractivity contribution in [2.45, 2.75) is 32.8 Å². The van der Waals surface area contributed by atoms with Gasteiger partial charge in [-0.25, -0.2) is 0 Å². The molecule has 0 amide bonds. The molecule has 1 aromatic heterocycles. The van der Waals surface area contributed by atoms with E-state index in [2.05, 4.69) is 18.5 Å². The highest BCUT2D eigenvalue weighted by atomic mass is 16.3. The van der Waals surface area contributed by atoms with Crippen LogP contribution in [0.2, 0.25) is 0 Å². The van der Waals surface area contributed by atoms with E-state index >= 15 is 0 Å². The number of rotatable bonds is 4. The lowest BCUT2D eigenvalue weighted by atomic mass is 9.79. The molecular formula is C13H19NO. The Morgan fingerprint density at radius 1 is 1.60 bits per heavy atom. The summed E-state index contributed by atoms with van der Waals surface area (Å²) in [6, 6.07) is 5.58. The molecule has 0 aliphatic carbocycles. The lowest BCUT2D eigenvalue weighted by molar-refractivity contribution is 0.0145. The van der Waals surface area contributed by atoms with Gasteiger partial charge in [-0.2, -0.15) is 0 Å². The molecule has 0 fully saturated rings. The maximum Gasteiger partial charge on any atom is 0.129 e. The highest BCUT2D eigenvalue weighted by molar-refractivity contribution is 5.25. The van der Waals surface area contributed by atoms with Crippen LogP contribution in [0.3, 0.4) is 0 Å². The first-order chi connectivity index (χ1) is 7.03. The third-order valence-corrected chi connectivity index (χ3v) is 3.03. The van der Waals surface area contributed by atoms with E-state index < -0.39 is 5.60 Å². The zero-order chi connectivity index (χ0) is 11.5. The van der Waals surface area contributed by atoms with E-state index in [9.17, 15) is 5.11 Å². The molecule has 2 atom stereocenters. The first-order valence-corrected chi connectivity index (χ1v) is 5.33. The van der Waals surface area contributed by atoms with Gasteiger partial charge in [0, 0.05) is 6.20 Å². The van der Waals surface area contributed by atoms with Crippen LogP contribution in [0.4, 0.5) is 0 Å². The predicted octanol–water partition coefficient (Wildman–Crippen LogP) is 2.89. The molecule has 1 heterocycles. The van der Waals surface area contributed by atoms with Gasteiger partial charge in [-0.1, -0.05) is 32.9 Å². The maximum absolute atomic E-state index is 10.7. The summed E-state index contributed by atoms with van der Waals surface area (Å²) >= 11 is 0. The molecular weight excluding hydrogens is 186 g/mol. The van der Waals surface area contributed by atoms with E-state index in [0.717, 1.165) is 12.0 Å². The SMILES string of the molecule is C=C(C)[C@@](O)(c1ccccn1)C(C)CC. The van der Waals surface area contributed by atoms with Crippen LogP contribution in [0.5, 0.6) is 0 Å². The Labute approximate surface area is 91.7 Å². The standard InChI is InChI=1S/C13H19NO/c1-5-11(4)13(15,10(2)3)12-8-6-7-9-14-12/h6-9,11,15H,2,5H2,1,3-4H3/t11?,13-/m0/s1. The van der Waals surface area contributed by atoms with Crippen molar-refractivity contribution >= 4 is 0 Å². The van der Waals surface area contributed by atoms with Gasteiger partial charge in [-0.3, -0.25) is 4.98 Å². The van der Waals surface area contributed by atoms with Crippen LogP contribution in [-0.2, 0) is 5.60 Å².